The van der Waals surface area contributed by atoms with Crippen LogP contribution in [0.2, 0.25) is 0 Å². The Balaban J connectivity index is 1.88. The van der Waals surface area contributed by atoms with Crippen LogP contribution in [0, 0.1) is 0 Å². The van der Waals surface area contributed by atoms with Crippen LogP contribution >= 0.6 is 11.3 Å². The first-order valence-electron chi connectivity index (χ1n) is 6.96. The van der Waals surface area contributed by atoms with Crippen molar-refractivity contribution in [1.82, 2.24) is 10.2 Å². The third kappa shape index (κ3) is 2.91. The second-order valence-corrected chi connectivity index (χ2v) is 6.03. The van der Waals surface area contributed by atoms with Gasteiger partial charge in [-0.2, -0.15) is 0 Å². The third-order valence-electron chi connectivity index (χ3n) is 3.47. The van der Waals surface area contributed by atoms with Crippen molar-refractivity contribution in [2.24, 2.45) is 0 Å². The number of carbonyl (C=O) groups is 2. The lowest BCUT2D eigenvalue weighted by Gasteiger charge is -2.10. The van der Waals surface area contributed by atoms with E-state index in [1.165, 1.54) is 13.1 Å². The van der Waals surface area contributed by atoms with Crippen LogP contribution in [0.5, 0.6) is 5.75 Å². The van der Waals surface area contributed by atoms with E-state index >= 15 is 0 Å². The van der Waals surface area contributed by atoms with Crippen LogP contribution in [0.4, 0.5) is 5.69 Å². The van der Waals surface area contributed by atoms with Gasteiger partial charge in [0.25, 0.3) is 11.8 Å². The molecule has 2 aromatic rings. The molecule has 1 aromatic carbocycles. The molecule has 3 rings (SSSR count). The predicted molar refractivity (Wildman–Crippen MR) is 87.7 cm³/mol. The molecule has 0 fully saturated rings. The van der Waals surface area contributed by atoms with Gasteiger partial charge < -0.3 is 15.7 Å². The van der Waals surface area contributed by atoms with Gasteiger partial charge in [0.15, 0.2) is 0 Å². The molecule has 1 aromatic heterocycles. The van der Waals surface area contributed by atoms with Gasteiger partial charge in [0.2, 0.25) is 0 Å². The summed E-state index contributed by atoms with van der Waals surface area (Å²) in [5, 5.41) is 17.7. The van der Waals surface area contributed by atoms with E-state index in [0.29, 0.717) is 12.2 Å². The lowest BCUT2D eigenvalue weighted by molar-refractivity contribution is -0.136. The number of nitrogens with one attached hydrogen (secondary N) is 2. The summed E-state index contributed by atoms with van der Waals surface area (Å²) in [7, 11) is 1.43. The first kappa shape index (κ1) is 15.1. The molecular weight excluding hydrogens is 314 g/mol. The number of para-hydroxylation sites is 2. The molecule has 23 heavy (non-hydrogen) atoms. The average Bonchev–Trinajstić information content (AvgIpc) is 3.13. The second kappa shape index (κ2) is 6.13. The van der Waals surface area contributed by atoms with E-state index in [4.69, 9.17) is 0 Å². The van der Waals surface area contributed by atoms with Gasteiger partial charge >= 0.3 is 0 Å². The molecule has 6 nitrogen and oxygen atoms in total. The molecule has 0 radical (unpaired) electrons. The van der Waals surface area contributed by atoms with Crippen molar-refractivity contribution in [2.75, 3.05) is 12.4 Å². The van der Waals surface area contributed by atoms with E-state index in [2.05, 4.69) is 10.6 Å². The molecule has 0 unspecified atom stereocenters. The van der Waals surface area contributed by atoms with Crippen molar-refractivity contribution in [1.29, 1.82) is 0 Å². The lowest BCUT2D eigenvalue weighted by atomic mass is 10.2. The molecule has 0 saturated carbocycles. The maximum atomic E-state index is 12.3. The van der Waals surface area contributed by atoms with Crippen LogP contribution in [0.25, 0.3) is 0 Å². The Kier molecular flexibility index (Phi) is 4.03. The Morgan fingerprint density at radius 3 is 2.52 bits per heavy atom. The van der Waals surface area contributed by atoms with Crippen LogP contribution in [-0.2, 0) is 16.1 Å². The monoisotopic (exact) mass is 329 g/mol. The highest BCUT2D eigenvalue weighted by molar-refractivity contribution is 7.09. The number of phenolic OH excluding ortho intramolecular Hbond substituents is 1. The average molecular weight is 329 g/mol. The minimum Gasteiger partial charge on any atom is -0.506 e. The highest BCUT2D eigenvalue weighted by Crippen LogP contribution is 2.27. The molecule has 0 bridgehead atoms. The molecule has 2 amide bonds. The van der Waals surface area contributed by atoms with E-state index in [-0.39, 0.29) is 17.1 Å². The minimum absolute atomic E-state index is 0.00686. The van der Waals surface area contributed by atoms with E-state index in [1.807, 2.05) is 17.5 Å². The Bertz CT molecular complexity index is 784. The second-order valence-electron chi connectivity index (χ2n) is 4.99. The minimum atomic E-state index is -0.438. The number of hydrogen-bond acceptors (Lipinski definition) is 6. The molecular formula is C16H15N3O3S. The normalized spacial score (nSPS) is 14.6. The number of thiophene rings is 1. The summed E-state index contributed by atoms with van der Waals surface area (Å²) in [6.07, 6.45) is 0. The third-order valence-corrected chi connectivity index (χ3v) is 4.35. The Morgan fingerprint density at radius 1 is 1.09 bits per heavy atom. The Morgan fingerprint density at radius 2 is 1.83 bits per heavy atom. The van der Waals surface area contributed by atoms with Crippen molar-refractivity contribution in [3.63, 3.8) is 0 Å². The van der Waals surface area contributed by atoms with Crippen molar-refractivity contribution in [3.8, 4) is 5.75 Å². The number of phenols is 1. The van der Waals surface area contributed by atoms with Gasteiger partial charge in [-0.1, -0.05) is 18.2 Å². The van der Waals surface area contributed by atoms with Gasteiger partial charge in [0, 0.05) is 18.5 Å². The van der Waals surface area contributed by atoms with Crippen LogP contribution in [0.1, 0.15) is 4.88 Å². The maximum absolute atomic E-state index is 12.3. The summed E-state index contributed by atoms with van der Waals surface area (Å²) >= 11 is 1.56. The van der Waals surface area contributed by atoms with Gasteiger partial charge in [0.1, 0.15) is 17.1 Å². The smallest absolute Gasteiger partial charge is 0.279 e. The number of amides is 2. The zero-order valence-electron chi connectivity index (χ0n) is 12.4. The Labute approximate surface area is 137 Å². The molecule has 118 valence electrons. The number of benzene rings is 1. The quantitative estimate of drug-likeness (QED) is 0.576. The van der Waals surface area contributed by atoms with E-state index < -0.39 is 11.8 Å². The predicted octanol–water partition coefficient (Wildman–Crippen LogP) is 1.87. The Hall–Kier alpha value is -2.80. The molecule has 0 atom stereocenters. The summed E-state index contributed by atoms with van der Waals surface area (Å²) in [6, 6.07) is 10.4. The standard InChI is InChI=1S/C16H15N3O3S/c1-19-15(21)13(17-9-10-5-4-8-23-10)14(16(19)22)18-11-6-2-3-7-12(11)20/h2-8,17-18,20H,9H2,1H3. The van der Waals surface area contributed by atoms with E-state index in [9.17, 15) is 14.7 Å². The number of carbonyl (C=O) groups excluding carboxylic acids is 2. The van der Waals surface area contributed by atoms with Gasteiger partial charge in [-0.05, 0) is 23.6 Å². The molecule has 0 saturated heterocycles. The molecule has 7 heteroatoms. The van der Waals surface area contributed by atoms with Crippen molar-refractivity contribution in [2.45, 2.75) is 6.54 Å². The van der Waals surface area contributed by atoms with Gasteiger partial charge in [0.05, 0.1) is 5.69 Å². The SMILES string of the molecule is CN1C(=O)C(NCc2cccs2)=C(Nc2ccccc2O)C1=O. The van der Waals surface area contributed by atoms with Crippen LogP contribution in [0.15, 0.2) is 53.2 Å². The van der Waals surface area contributed by atoms with Crippen LogP contribution in [0.3, 0.4) is 0 Å². The fourth-order valence-corrected chi connectivity index (χ4v) is 2.87. The van der Waals surface area contributed by atoms with Crippen molar-refractivity contribution < 1.29 is 14.7 Å². The van der Waals surface area contributed by atoms with Gasteiger partial charge in [-0.3, -0.25) is 14.5 Å². The first-order chi connectivity index (χ1) is 11.1. The molecule has 3 N–H and O–H groups in total. The summed E-state index contributed by atoms with van der Waals surface area (Å²) in [5.74, 6) is -0.830. The molecule has 0 spiro atoms. The number of aromatic hydroxyl groups is 1. The largest absolute Gasteiger partial charge is 0.506 e. The number of rotatable bonds is 5. The summed E-state index contributed by atoms with van der Waals surface area (Å²) in [5.41, 5.74) is 0.707. The summed E-state index contributed by atoms with van der Waals surface area (Å²) in [6.45, 7) is 0.450. The topological polar surface area (TPSA) is 81.7 Å². The summed E-state index contributed by atoms with van der Waals surface area (Å²) in [4.78, 5) is 26.6. The molecule has 0 aliphatic carbocycles. The molecule has 1 aliphatic heterocycles. The summed E-state index contributed by atoms with van der Waals surface area (Å²) < 4.78 is 0. The highest BCUT2D eigenvalue weighted by Gasteiger charge is 2.36. The van der Waals surface area contributed by atoms with Crippen molar-refractivity contribution >= 4 is 28.8 Å². The molecule has 1 aliphatic rings. The van der Waals surface area contributed by atoms with Crippen LogP contribution < -0.4 is 10.6 Å². The molecule has 2 heterocycles. The highest BCUT2D eigenvalue weighted by atomic mass is 32.1. The van der Waals surface area contributed by atoms with Crippen molar-refractivity contribution in [3.05, 3.63) is 58.0 Å². The lowest BCUT2D eigenvalue weighted by Crippen LogP contribution is -2.29. The number of imide groups is 1. The zero-order chi connectivity index (χ0) is 16.4. The first-order valence-corrected chi connectivity index (χ1v) is 7.84. The number of nitrogens with zero attached hydrogens (tertiary/aromatic N) is 1. The van der Waals surface area contributed by atoms with Gasteiger partial charge in [-0.25, -0.2) is 0 Å². The van der Waals surface area contributed by atoms with E-state index in [0.717, 1.165) is 9.78 Å². The van der Waals surface area contributed by atoms with Crippen LogP contribution in [-0.4, -0.2) is 28.9 Å². The number of likely N-dealkylation sites (N-methyl/N-ethyl adjacent to an activating group) is 1. The fourth-order valence-electron chi connectivity index (χ4n) is 2.22. The zero-order valence-corrected chi connectivity index (χ0v) is 13.2. The van der Waals surface area contributed by atoms with E-state index in [1.54, 1.807) is 29.5 Å². The van der Waals surface area contributed by atoms with Gasteiger partial charge in [-0.15, -0.1) is 11.3 Å². The fraction of sp³-hybridized carbons (Fsp3) is 0.125. The number of hydrogen-bond donors (Lipinski definition) is 3. The number of anilines is 1. The maximum Gasteiger partial charge on any atom is 0.279 e.